The zero-order chi connectivity index (χ0) is 21.0. The Morgan fingerprint density at radius 2 is 1.76 bits per heavy atom. The van der Waals surface area contributed by atoms with Crippen LogP contribution >= 0.6 is 11.6 Å². The van der Waals surface area contributed by atoms with E-state index in [2.05, 4.69) is 33.9 Å². The van der Waals surface area contributed by atoms with Crippen LogP contribution in [0.5, 0.6) is 0 Å². The number of hydrogen-bond acceptors (Lipinski definition) is 5. The predicted octanol–water partition coefficient (Wildman–Crippen LogP) is 3.56. The number of carbonyl (C=O) groups is 1. The Balaban J connectivity index is 1.50. The SMILES string of the molecule is Cc1cc(N2CCN(CC(=O)NC(C)c3ccc(Cl)cc3)CC2)nc(C(C)C)n1. The summed E-state index contributed by atoms with van der Waals surface area (Å²) in [5, 5.41) is 3.77. The fraction of sp³-hybridized carbons (Fsp3) is 0.500. The third-order valence-corrected chi connectivity index (χ3v) is 5.44. The maximum atomic E-state index is 12.5. The quantitative estimate of drug-likeness (QED) is 0.781. The fourth-order valence-corrected chi connectivity index (χ4v) is 3.58. The molecule has 7 heteroatoms. The molecule has 2 aromatic rings. The molecule has 1 N–H and O–H groups in total. The molecule has 3 rings (SSSR count). The topological polar surface area (TPSA) is 61.4 Å². The number of piperazine rings is 1. The Hall–Kier alpha value is -2.18. The number of halogens is 1. The summed E-state index contributed by atoms with van der Waals surface area (Å²) >= 11 is 5.93. The average molecular weight is 416 g/mol. The first-order chi connectivity index (χ1) is 13.8. The first-order valence-electron chi connectivity index (χ1n) is 10.2. The largest absolute Gasteiger partial charge is 0.354 e. The van der Waals surface area contributed by atoms with Crippen LogP contribution in [0.25, 0.3) is 0 Å². The Labute approximate surface area is 178 Å². The lowest BCUT2D eigenvalue weighted by molar-refractivity contribution is -0.123. The van der Waals surface area contributed by atoms with Crippen molar-refractivity contribution >= 4 is 23.3 Å². The van der Waals surface area contributed by atoms with Crippen molar-refractivity contribution in [3.8, 4) is 0 Å². The van der Waals surface area contributed by atoms with E-state index in [0.29, 0.717) is 17.5 Å². The van der Waals surface area contributed by atoms with Gasteiger partial charge < -0.3 is 10.2 Å². The Morgan fingerprint density at radius 1 is 1.10 bits per heavy atom. The van der Waals surface area contributed by atoms with Crippen LogP contribution in [0.1, 0.15) is 49.8 Å². The molecule has 0 bridgehead atoms. The van der Waals surface area contributed by atoms with E-state index in [1.807, 2.05) is 44.2 Å². The van der Waals surface area contributed by atoms with Gasteiger partial charge in [0, 0.05) is 48.9 Å². The van der Waals surface area contributed by atoms with Gasteiger partial charge in [0.1, 0.15) is 11.6 Å². The van der Waals surface area contributed by atoms with Gasteiger partial charge in [-0.2, -0.15) is 0 Å². The van der Waals surface area contributed by atoms with E-state index in [1.54, 1.807) is 0 Å². The van der Waals surface area contributed by atoms with Gasteiger partial charge in [-0.25, -0.2) is 9.97 Å². The van der Waals surface area contributed by atoms with E-state index >= 15 is 0 Å². The van der Waals surface area contributed by atoms with Crippen molar-refractivity contribution in [2.24, 2.45) is 0 Å². The number of benzene rings is 1. The molecule has 1 aliphatic rings. The molecule has 1 fully saturated rings. The van der Waals surface area contributed by atoms with Gasteiger partial charge in [0.15, 0.2) is 0 Å². The third kappa shape index (κ3) is 5.90. The van der Waals surface area contributed by atoms with Crippen LogP contribution < -0.4 is 10.2 Å². The molecule has 0 spiro atoms. The van der Waals surface area contributed by atoms with Crippen LogP contribution in [0, 0.1) is 6.92 Å². The minimum Gasteiger partial charge on any atom is -0.354 e. The molecule has 0 radical (unpaired) electrons. The lowest BCUT2D eigenvalue weighted by Crippen LogP contribution is -2.50. The van der Waals surface area contributed by atoms with Crippen molar-refractivity contribution in [1.82, 2.24) is 20.2 Å². The molecule has 1 atom stereocenters. The number of hydrogen-bond donors (Lipinski definition) is 1. The molecule has 1 aromatic carbocycles. The van der Waals surface area contributed by atoms with Crippen LogP contribution in [-0.4, -0.2) is 53.5 Å². The van der Waals surface area contributed by atoms with Crippen molar-refractivity contribution in [3.05, 3.63) is 52.4 Å². The maximum absolute atomic E-state index is 12.5. The van der Waals surface area contributed by atoms with Gasteiger partial charge in [-0.3, -0.25) is 9.69 Å². The highest BCUT2D eigenvalue weighted by atomic mass is 35.5. The summed E-state index contributed by atoms with van der Waals surface area (Å²) in [6, 6.07) is 9.58. The number of rotatable bonds is 6. The molecule has 0 saturated carbocycles. The molecule has 1 saturated heterocycles. The highest BCUT2D eigenvalue weighted by molar-refractivity contribution is 6.30. The molecule has 29 heavy (non-hydrogen) atoms. The van der Waals surface area contributed by atoms with Gasteiger partial charge in [-0.15, -0.1) is 0 Å². The second-order valence-electron chi connectivity index (χ2n) is 7.98. The maximum Gasteiger partial charge on any atom is 0.234 e. The third-order valence-electron chi connectivity index (χ3n) is 5.19. The Morgan fingerprint density at radius 3 is 2.38 bits per heavy atom. The van der Waals surface area contributed by atoms with Crippen molar-refractivity contribution < 1.29 is 4.79 Å². The van der Waals surface area contributed by atoms with Crippen molar-refractivity contribution in [2.75, 3.05) is 37.6 Å². The zero-order valence-electron chi connectivity index (χ0n) is 17.7. The highest BCUT2D eigenvalue weighted by Gasteiger charge is 2.21. The van der Waals surface area contributed by atoms with E-state index in [0.717, 1.165) is 49.1 Å². The van der Waals surface area contributed by atoms with Crippen LogP contribution in [0.2, 0.25) is 5.02 Å². The molecule has 2 heterocycles. The van der Waals surface area contributed by atoms with Gasteiger partial charge in [0.25, 0.3) is 0 Å². The first-order valence-corrected chi connectivity index (χ1v) is 10.6. The summed E-state index contributed by atoms with van der Waals surface area (Å²) in [7, 11) is 0. The number of nitrogens with zero attached hydrogens (tertiary/aromatic N) is 4. The summed E-state index contributed by atoms with van der Waals surface area (Å²) in [4.78, 5) is 26.2. The van der Waals surface area contributed by atoms with Crippen LogP contribution in [0.15, 0.2) is 30.3 Å². The predicted molar refractivity (Wildman–Crippen MR) is 118 cm³/mol. The van der Waals surface area contributed by atoms with Crippen LogP contribution in [-0.2, 0) is 4.79 Å². The molecule has 6 nitrogen and oxygen atoms in total. The summed E-state index contributed by atoms with van der Waals surface area (Å²) < 4.78 is 0. The smallest absolute Gasteiger partial charge is 0.234 e. The first kappa shape index (κ1) is 21.5. The molecule has 1 aliphatic heterocycles. The minimum atomic E-state index is -0.0421. The van der Waals surface area contributed by atoms with Crippen molar-refractivity contribution in [2.45, 2.75) is 39.7 Å². The fourth-order valence-electron chi connectivity index (χ4n) is 3.45. The molecular weight excluding hydrogens is 386 g/mol. The second-order valence-corrected chi connectivity index (χ2v) is 8.42. The van der Waals surface area contributed by atoms with Crippen molar-refractivity contribution in [1.29, 1.82) is 0 Å². The van der Waals surface area contributed by atoms with Crippen molar-refractivity contribution in [3.63, 3.8) is 0 Å². The van der Waals surface area contributed by atoms with Crippen LogP contribution in [0.4, 0.5) is 5.82 Å². The highest BCUT2D eigenvalue weighted by Crippen LogP contribution is 2.19. The van der Waals surface area contributed by atoms with Gasteiger partial charge in [0.05, 0.1) is 12.6 Å². The van der Waals surface area contributed by atoms with Gasteiger partial charge >= 0.3 is 0 Å². The number of aryl methyl sites for hydroxylation is 1. The normalized spacial score (nSPS) is 16.1. The van der Waals surface area contributed by atoms with E-state index in [4.69, 9.17) is 16.6 Å². The van der Waals surface area contributed by atoms with Gasteiger partial charge in [-0.05, 0) is 31.5 Å². The monoisotopic (exact) mass is 415 g/mol. The standard InChI is InChI=1S/C22H30ClN5O/c1-15(2)22-24-16(3)13-20(26-22)28-11-9-27(10-12-28)14-21(29)25-17(4)18-5-7-19(23)8-6-18/h5-8,13,15,17H,9-12,14H2,1-4H3,(H,25,29). The number of amides is 1. The van der Waals surface area contributed by atoms with Gasteiger partial charge in [0.2, 0.25) is 5.91 Å². The summed E-state index contributed by atoms with van der Waals surface area (Å²) in [5.41, 5.74) is 2.05. The zero-order valence-corrected chi connectivity index (χ0v) is 18.4. The molecule has 156 valence electrons. The minimum absolute atomic E-state index is 0.0421. The number of anilines is 1. The second kappa shape index (κ2) is 9.55. The molecule has 1 unspecified atom stereocenters. The number of nitrogens with one attached hydrogen (secondary N) is 1. The lowest BCUT2D eigenvalue weighted by Gasteiger charge is -2.35. The van der Waals surface area contributed by atoms with Crippen LogP contribution in [0.3, 0.4) is 0 Å². The Kier molecular flexibility index (Phi) is 7.09. The summed E-state index contributed by atoms with van der Waals surface area (Å²) in [6.45, 7) is 12.0. The number of aromatic nitrogens is 2. The Bertz CT molecular complexity index is 832. The molecular formula is C22H30ClN5O. The van der Waals surface area contributed by atoms with Gasteiger partial charge in [-0.1, -0.05) is 37.6 Å². The van der Waals surface area contributed by atoms with E-state index in [1.165, 1.54) is 0 Å². The van der Waals surface area contributed by atoms with E-state index in [9.17, 15) is 4.79 Å². The lowest BCUT2D eigenvalue weighted by atomic mass is 10.1. The summed E-state index contributed by atoms with van der Waals surface area (Å²) in [6.07, 6.45) is 0. The van der Waals surface area contributed by atoms with E-state index < -0.39 is 0 Å². The average Bonchev–Trinajstić information content (AvgIpc) is 2.68. The van der Waals surface area contributed by atoms with E-state index in [-0.39, 0.29) is 11.9 Å². The number of carbonyl (C=O) groups excluding carboxylic acids is 1. The molecule has 1 amide bonds. The summed E-state index contributed by atoms with van der Waals surface area (Å²) in [5.74, 6) is 2.22. The molecule has 0 aliphatic carbocycles. The molecule has 1 aromatic heterocycles.